The highest BCUT2D eigenvalue weighted by Crippen LogP contribution is 2.33. The molecule has 1 N–H and O–H groups in total. The number of carbonyl (C=O) groups excluding carboxylic acids is 2. The minimum absolute atomic E-state index is 0.109. The summed E-state index contributed by atoms with van der Waals surface area (Å²) in [6, 6.07) is 1.68. The molecule has 0 aliphatic carbocycles. The van der Waals surface area contributed by atoms with Crippen molar-refractivity contribution in [3.63, 3.8) is 0 Å². The topological polar surface area (TPSA) is 86.1 Å². The second kappa shape index (κ2) is 7.82. The quantitative estimate of drug-likeness (QED) is 0.614. The summed E-state index contributed by atoms with van der Waals surface area (Å²) in [6.45, 7) is 13.5. The highest BCUT2D eigenvalue weighted by atomic mass is 32.1. The van der Waals surface area contributed by atoms with Gasteiger partial charge in [-0.05, 0) is 19.9 Å². The van der Waals surface area contributed by atoms with Gasteiger partial charge >= 0.3 is 5.97 Å². The molecule has 2 heterocycles. The molecule has 0 spiro atoms. The molecule has 8 heteroatoms. The predicted molar refractivity (Wildman–Crippen MR) is 102 cm³/mol. The van der Waals surface area contributed by atoms with E-state index in [1.165, 1.54) is 11.3 Å². The van der Waals surface area contributed by atoms with Gasteiger partial charge in [0.05, 0.1) is 23.7 Å². The SMILES string of the molecule is C=CCn1nc(-c2sc(NC(=O)C(C)(C)C)nc2C)cc1C(=O)OCC. The molecule has 2 aromatic heterocycles. The van der Waals surface area contributed by atoms with Crippen LogP contribution >= 0.6 is 11.3 Å². The molecule has 0 aliphatic heterocycles. The second-order valence-electron chi connectivity index (χ2n) is 6.74. The molecule has 7 nitrogen and oxygen atoms in total. The largest absolute Gasteiger partial charge is 0.461 e. The van der Waals surface area contributed by atoms with E-state index in [4.69, 9.17) is 4.74 Å². The number of ether oxygens (including phenoxy) is 1. The molecule has 0 fully saturated rings. The van der Waals surface area contributed by atoms with E-state index in [2.05, 4.69) is 22.0 Å². The van der Waals surface area contributed by atoms with Gasteiger partial charge in [-0.15, -0.1) is 6.58 Å². The molecule has 0 saturated carbocycles. The molecule has 0 bridgehead atoms. The van der Waals surface area contributed by atoms with Crippen LogP contribution in [0.1, 0.15) is 43.9 Å². The fraction of sp³-hybridized carbons (Fsp3) is 0.444. The smallest absolute Gasteiger partial charge is 0.356 e. The van der Waals surface area contributed by atoms with E-state index in [1.807, 2.05) is 27.7 Å². The van der Waals surface area contributed by atoms with Crippen LogP contribution in [0.3, 0.4) is 0 Å². The van der Waals surface area contributed by atoms with Gasteiger partial charge in [0.2, 0.25) is 5.91 Å². The number of rotatable bonds is 6. The van der Waals surface area contributed by atoms with Gasteiger partial charge in [-0.3, -0.25) is 9.48 Å². The highest BCUT2D eigenvalue weighted by molar-refractivity contribution is 7.19. The van der Waals surface area contributed by atoms with Crippen LogP contribution in [0.4, 0.5) is 5.13 Å². The van der Waals surface area contributed by atoms with Crippen molar-refractivity contribution in [2.24, 2.45) is 5.41 Å². The van der Waals surface area contributed by atoms with Crippen molar-refractivity contribution in [2.75, 3.05) is 11.9 Å². The van der Waals surface area contributed by atoms with Crippen molar-refractivity contribution in [3.8, 4) is 10.6 Å². The van der Waals surface area contributed by atoms with Crippen LogP contribution in [0.5, 0.6) is 0 Å². The number of amides is 1. The number of aryl methyl sites for hydroxylation is 1. The van der Waals surface area contributed by atoms with E-state index in [0.717, 1.165) is 10.6 Å². The molecule has 140 valence electrons. The molecule has 0 aromatic carbocycles. The Morgan fingerprint density at radius 2 is 2.12 bits per heavy atom. The fourth-order valence-electron chi connectivity index (χ4n) is 2.13. The minimum atomic E-state index is -0.512. The zero-order chi connectivity index (χ0) is 19.5. The molecule has 0 aliphatic rings. The first-order chi connectivity index (χ1) is 12.2. The Morgan fingerprint density at radius 3 is 2.69 bits per heavy atom. The minimum Gasteiger partial charge on any atom is -0.461 e. The van der Waals surface area contributed by atoms with Gasteiger partial charge in [0.1, 0.15) is 11.4 Å². The summed E-state index contributed by atoms with van der Waals surface area (Å²) in [7, 11) is 0. The van der Waals surface area contributed by atoms with Crippen LogP contribution < -0.4 is 5.32 Å². The van der Waals surface area contributed by atoms with E-state index >= 15 is 0 Å². The number of hydrogen-bond donors (Lipinski definition) is 1. The lowest BCUT2D eigenvalue weighted by atomic mass is 9.96. The summed E-state index contributed by atoms with van der Waals surface area (Å²) in [5, 5.41) is 7.81. The van der Waals surface area contributed by atoms with Crippen LogP contribution in [-0.2, 0) is 16.1 Å². The third-order valence-corrected chi connectivity index (χ3v) is 4.59. The first kappa shape index (κ1) is 19.8. The lowest BCUT2D eigenvalue weighted by Gasteiger charge is -2.15. The second-order valence-corrected chi connectivity index (χ2v) is 7.74. The summed E-state index contributed by atoms with van der Waals surface area (Å²) >= 11 is 1.33. The predicted octanol–water partition coefficient (Wildman–Crippen LogP) is 3.66. The van der Waals surface area contributed by atoms with Crippen molar-refractivity contribution >= 4 is 28.3 Å². The summed E-state index contributed by atoms with van der Waals surface area (Å²) < 4.78 is 6.63. The first-order valence-electron chi connectivity index (χ1n) is 8.32. The zero-order valence-electron chi connectivity index (χ0n) is 15.8. The van der Waals surface area contributed by atoms with E-state index in [9.17, 15) is 9.59 Å². The molecule has 0 radical (unpaired) electrons. The fourth-order valence-corrected chi connectivity index (χ4v) is 3.05. The Hall–Kier alpha value is -2.48. The number of hydrogen-bond acceptors (Lipinski definition) is 6. The summed E-state index contributed by atoms with van der Waals surface area (Å²) in [6.07, 6.45) is 1.66. The number of allylic oxidation sites excluding steroid dienone is 1. The zero-order valence-corrected chi connectivity index (χ0v) is 16.6. The van der Waals surface area contributed by atoms with Gasteiger partial charge in [-0.1, -0.05) is 38.2 Å². The Labute approximate surface area is 157 Å². The molecule has 0 unspecified atom stereocenters. The Bertz CT molecular complexity index is 830. The van der Waals surface area contributed by atoms with Crippen LogP contribution in [0.25, 0.3) is 10.6 Å². The third-order valence-electron chi connectivity index (χ3n) is 3.50. The standard InChI is InChI=1S/C18H24N4O3S/c1-7-9-22-13(15(23)25-8-2)10-12(21-22)14-11(3)19-17(26-14)20-16(24)18(4,5)6/h7,10H,1,8-9H2,2-6H3,(H,19,20,24). The maximum absolute atomic E-state index is 12.2. The molecule has 2 rings (SSSR count). The summed E-state index contributed by atoms with van der Waals surface area (Å²) in [5.74, 6) is -0.543. The normalized spacial score (nSPS) is 11.3. The van der Waals surface area contributed by atoms with E-state index < -0.39 is 11.4 Å². The molecule has 0 saturated heterocycles. The number of anilines is 1. The van der Waals surface area contributed by atoms with E-state index in [1.54, 1.807) is 23.7 Å². The summed E-state index contributed by atoms with van der Waals surface area (Å²) in [5.41, 5.74) is 1.19. The average molecular weight is 376 g/mol. The van der Waals surface area contributed by atoms with E-state index in [0.29, 0.717) is 23.1 Å². The van der Waals surface area contributed by atoms with Crippen molar-refractivity contribution in [1.82, 2.24) is 14.8 Å². The lowest BCUT2D eigenvalue weighted by Crippen LogP contribution is -2.27. The Kier molecular flexibility index (Phi) is 5.97. The monoisotopic (exact) mass is 376 g/mol. The van der Waals surface area contributed by atoms with Gasteiger partial charge < -0.3 is 10.1 Å². The van der Waals surface area contributed by atoms with Crippen LogP contribution in [0.2, 0.25) is 0 Å². The van der Waals surface area contributed by atoms with Crippen LogP contribution in [-0.4, -0.2) is 33.2 Å². The van der Waals surface area contributed by atoms with Crippen molar-refractivity contribution in [3.05, 3.63) is 30.1 Å². The molecule has 0 atom stereocenters. The summed E-state index contributed by atoms with van der Waals surface area (Å²) in [4.78, 5) is 29.5. The van der Waals surface area contributed by atoms with Crippen molar-refractivity contribution < 1.29 is 14.3 Å². The number of nitrogens with one attached hydrogen (secondary N) is 1. The number of aromatic nitrogens is 3. The van der Waals surface area contributed by atoms with Crippen LogP contribution in [0.15, 0.2) is 18.7 Å². The Morgan fingerprint density at radius 1 is 1.42 bits per heavy atom. The van der Waals surface area contributed by atoms with Gasteiger partial charge in [0.25, 0.3) is 0 Å². The molecular weight excluding hydrogens is 352 g/mol. The molecule has 2 aromatic rings. The maximum Gasteiger partial charge on any atom is 0.356 e. The third kappa shape index (κ3) is 4.37. The average Bonchev–Trinajstić information content (AvgIpc) is 3.10. The number of esters is 1. The maximum atomic E-state index is 12.2. The lowest BCUT2D eigenvalue weighted by molar-refractivity contribution is -0.123. The molecular formula is C18H24N4O3S. The van der Waals surface area contributed by atoms with Crippen LogP contribution in [0, 0.1) is 12.3 Å². The van der Waals surface area contributed by atoms with E-state index in [-0.39, 0.29) is 12.5 Å². The van der Waals surface area contributed by atoms with Gasteiger partial charge in [0, 0.05) is 5.41 Å². The van der Waals surface area contributed by atoms with Gasteiger partial charge in [-0.2, -0.15) is 5.10 Å². The number of thiazole rings is 1. The Balaban J connectivity index is 2.36. The molecule has 1 amide bonds. The highest BCUT2D eigenvalue weighted by Gasteiger charge is 2.24. The van der Waals surface area contributed by atoms with Crippen molar-refractivity contribution in [1.29, 1.82) is 0 Å². The van der Waals surface area contributed by atoms with Crippen molar-refractivity contribution in [2.45, 2.75) is 41.2 Å². The van der Waals surface area contributed by atoms with Gasteiger partial charge in [-0.25, -0.2) is 9.78 Å². The number of nitrogens with zero attached hydrogens (tertiary/aromatic N) is 3. The first-order valence-corrected chi connectivity index (χ1v) is 9.14. The number of carbonyl (C=O) groups is 2. The van der Waals surface area contributed by atoms with Gasteiger partial charge in [0.15, 0.2) is 5.13 Å². The molecule has 26 heavy (non-hydrogen) atoms.